The van der Waals surface area contributed by atoms with Crippen molar-refractivity contribution in [3.63, 3.8) is 0 Å². The zero-order valence-electron chi connectivity index (χ0n) is 8.25. The molecule has 0 aliphatic rings. The average molecular weight is 205 g/mol. The zero-order chi connectivity index (χ0) is 11.1. The second-order valence-electron chi connectivity index (χ2n) is 2.77. The first kappa shape index (κ1) is 10.9. The van der Waals surface area contributed by atoms with Crippen molar-refractivity contribution in [2.45, 2.75) is 6.92 Å². The molecule has 15 heavy (non-hydrogen) atoms. The maximum atomic E-state index is 10.7. The van der Waals surface area contributed by atoms with Crippen molar-refractivity contribution < 1.29 is 9.32 Å². The summed E-state index contributed by atoms with van der Waals surface area (Å²) in [6, 6.07) is 6.88. The van der Waals surface area contributed by atoms with E-state index in [4.69, 9.17) is 5.73 Å². The van der Waals surface area contributed by atoms with Gasteiger partial charge < -0.3 is 10.3 Å². The molecule has 0 unspecified atom stereocenters. The highest BCUT2D eigenvalue weighted by molar-refractivity contribution is 5.94. The maximum Gasteiger partial charge on any atom is 0.159 e. The van der Waals surface area contributed by atoms with Crippen LogP contribution in [0.25, 0.3) is 0 Å². The van der Waals surface area contributed by atoms with E-state index in [1.165, 1.54) is 19.4 Å². The van der Waals surface area contributed by atoms with Gasteiger partial charge in [0.1, 0.15) is 6.26 Å². The van der Waals surface area contributed by atoms with Crippen molar-refractivity contribution in [1.82, 2.24) is 10.4 Å². The number of carbonyl (C=O) groups excluding carboxylic acids is 1. The first-order valence-corrected chi connectivity index (χ1v) is 4.27. The van der Waals surface area contributed by atoms with E-state index in [0.717, 1.165) is 0 Å². The Morgan fingerprint density at radius 2 is 2.00 bits per heavy atom. The number of aromatic nitrogens is 2. The lowest BCUT2D eigenvalue weighted by molar-refractivity contribution is 0.101. The van der Waals surface area contributed by atoms with E-state index in [0.29, 0.717) is 11.3 Å². The van der Waals surface area contributed by atoms with Crippen molar-refractivity contribution in [2.24, 2.45) is 0 Å². The highest BCUT2D eigenvalue weighted by Gasteiger charge is 1.95. The number of Topliss-reactive ketones (excluding diaryl/α,β-unsaturated/α-hetero) is 1. The Kier molecular flexibility index (Phi) is 4.03. The molecule has 0 spiro atoms. The monoisotopic (exact) mass is 205 g/mol. The lowest BCUT2D eigenvalue weighted by Crippen LogP contribution is -1.91. The predicted molar refractivity (Wildman–Crippen MR) is 55.2 cm³/mol. The third-order valence-corrected chi connectivity index (χ3v) is 1.60. The van der Waals surface area contributed by atoms with Crippen LogP contribution in [0.1, 0.15) is 17.3 Å². The molecule has 0 atom stereocenters. The van der Waals surface area contributed by atoms with Crippen LogP contribution in [0, 0.1) is 0 Å². The molecule has 5 heteroatoms. The molecule has 2 rings (SSSR count). The van der Waals surface area contributed by atoms with Crippen LogP contribution in [-0.4, -0.2) is 16.2 Å². The van der Waals surface area contributed by atoms with Gasteiger partial charge in [-0.05, 0) is 31.2 Å². The van der Waals surface area contributed by atoms with Crippen LogP contribution in [0.4, 0.5) is 5.69 Å². The number of hydrogen-bond acceptors (Lipinski definition) is 5. The molecule has 1 aromatic heterocycles. The molecule has 2 N–H and O–H groups in total. The first-order valence-electron chi connectivity index (χ1n) is 4.27. The van der Waals surface area contributed by atoms with Gasteiger partial charge in [0.2, 0.25) is 0 Å². The molecule has 1 aromatic carbocycles. The summed E-state index contributed by atoms with van der Waals surface area (Å²) >= 11 is 0. The van der Waals surface area contributed by atoms with Crippen molar-refractivity contribution in [1.29, 1.82) is 0 Å². The van der Waals surface area contributed by atoms with Gasteiger partial charge in [0.15, 0.2) is 5.78 Å². The largest absolute Gasteiger partial charge is 0.399 e. The molecule has 2 aromatic rings. The number of nitrogen functional groups attached to an aromatic ring is 1. The van der Waals surface area contributed by atoms with E-state index < -0.39 is 0 Å². The molecule has 1 heterocycles. The summed E-state index contributed by atoms with van der Waals surface area (Å²) in [5, 5.41) is 6.40. The molecule has 0 aliphatic carbocycles. The summed E-state index contributed by atoms with van der Waals surface area (Å²) < 4.78 is 4.22. The Bertz CT molecular complexity index is 378. The summed E-state index contributed by atoms with van der Waals surface area (Å²) in [7, 11) is 0. The molecule has 0 fully saturated rings. The van der Waals surface area contributed by atoms with Gasteiger partial charge in [-0.3, -0.25) is 4.79 Å². The molecule has 5 nitrogen and oxygen atoms in total. The summed E-state index contributed by atoms with van der Waals surface area (Å²) in [4.78, 5) is 10.7. The lowest BCUT2D eigenvalue weighted by atomic mass is 10.1. The summed E-state index contributed by atoms with van der Waals surface area (Å²) in [6.45, 7) is 1.53. The van der Waals surface area contributed by atoms with Crippen LogP contribution in [0.15, 0.2) is 41.2 Å². The number of benzene rings is 1. The van der Waals surface area contributed by atoms with Gasteiger partial charge in [0.25, 0.3) is 0 Å². The summed E-state index contributed by atoms with van der Waals surface area (Å²) in [6.07, 6.45) is 2.88. The molecule has 0 saturated carbocycles. The van der Waals surface area contributed by atoms with Gasteiger partial charge in [0, 0.05) is 16.5 Å². The Labute approximate surface area is 86.9 Å². The zero-order valence-corrected chi connectivity index (χ0v) is 8.25. The second kappa shape index (κ2) is 5.54. The lowest BCUT2D eigenvalue weighted by Gasteiger charge is -1.94. The first-order chi connectivity index (χ1) is 7.20. The van der Waals surface area contributed by atoms with Crippen molar-refractivity contribution in [3.8, 4) is 0 Å². The van der Waals surface area contributed by atoms with E-state index in [-0.39, 0.29) is 5.78 Å². The number of carbonyl (C=O) groups is 1. The fraction of sp³-hybridized carbons (Fsp3) is 0.100. The Morgan fingerprint density at radius 1 is 1.33 bits per heavy atom. The highest BCUT2D eigenvalue weighted by Crippen LogP contribution is 2.05. The standard InChI is InChI=1S/C8H9NO.C2H2N2O/c1-6(10)7-2-4-8(9)5-3-7;1-2-5-4-3-1/h2-5H,9H2,1H3;1-2H. The van der Waals surface area contributed by atoms with Crippen LogP contribution in [-0.2, 0) is 0 Å². The van der Waals surface area contributed by atoms with Crippen LogP contribution >= 0.6 is 0 Å². The predicted octanol–water partition coefficient (Wildman–Crippen LogP) is 1.54. The van der Waals surface area contributed by atoms with Crippen LogP contribution in [0.3, 0.4) is 0 Å². The second-order valence-corrected chi connectivity index (χ2v) is 2.77. The maximum absolute atomic E-state index is 10.7. The molecule has 0 aliphatic heterocycles. The molecule has 78 valence electrons. The van der Waals surface area contributed by atoms with Gasteiger partial charge in [-0.25, -0.2) is 0 Å². The minimum Gasteiger partial charge on any atom is -0.399 e. The smallest absolute Gasteiger partial charge is 0.159 e. The van der Waals surface area contributed by atoms with Crippen LogP contribution in [0.5, 0.6) is 0 Å². The fourth-order valence-corrected chi connectivity index (χ4v) is 0.854. The highest BCUT2D eigenvalue weighted by atomic mass is 16.5. The fourth-order valence-electron chi connectivity index (χ4n) is 0.854. The Morgan fingerprint density at radius 3 is 2.33 bits per heavy atom. The van der Waals surface area contributed by atoms with Gasteiger partial charge in [-0.2, -0.15) is 0 Å². The number of rotatable bonds is 1. The topological polar surface area (TPSA) is 82.0 Å². The molecular formula is C10H11N3O2. The average Bonchev–Trinajstić information content (AvgIpc) is 2.76. The van der Waals surface area contributed by atoms with Crippen molar-refractivity contribution in [3.05, 3.63) is 42.3 Å². The number of nitrogens with two attached hydrogens (primary N) is 1. The third-order valence-electron chi connectivity index (χ3n) is 1.60. The quantitative estimate of drug-likeness (QED) is 0.564. The van der Waals surface area contributed by atoms with E-state index in [1.54, 1.807) is 24.3 Å². The number of anilines is 1. The van der Waals surface area contributed by atoms with E-state index in [9.17, 15) is 4.79 Å². The van der Waals surface area contributed by atoms with Crippen molar-refractivity contribution >= 4 is 11.5 Å². The van der Waals surface area contributed by atoms with Gasteiger partial charge >= 0.3 is 0 Å². The van der Waals surface area contributed by atoms with Crippen molar-refractivity contribution in [2.75, 3.05) is 5.73 Å². The molecule has 0 radical (unpaired) electrons. The van der Waals surface area contributed by atoms with E-state index >= 15 is 0 Å². The number of nitrogens with zero attached hydrogens (tertiary/aromatic N) is 2. The molecule has 0 bridgehead atoms. The summed E-state index contributed by atoms with van der Waals surface area (Å²) in [5.74, 6) is 0.0694. The normalized spacial score (nSPS) is 8.87. The SMILES string of the molecule is CC(=O)c1ccc(N)cc1.c1conn1. The molecule has 0 amide bonds. The summed E-state index contributed by atoms with van der Waals surface area (Å²) in [5.41, 5.74) is 6.80. The minimum atomic E-state index is 0.0694. The minimum absolute atomic E-state index is 0.0694. The van der Waals surface area contributed by atoms with Crippen LogP contribution < -0.4 is 5.73 Å². The van der Waals surface area contributed by atoms with E-state index in [1.807, 2.05) is 0 Å². The van der Waals surface area contributed by atoms with Crippen LogP contribution in [0.2, 0.25) is 0 Å². The Hall–Kier alpha value is -2.17. The number of hydrogen-bond donors (Lipinski definition) is 1. The van der Waals surface area contributed by atoms with Gasteiger partial charge in [-0.15, -0.1) is 5.10 Å². The third kappa shape index (κ3) is 4.04. The Balaban J connectivity index is 0.000000187. The van der Waals surface area contributed by atoms with Gasteiger partial charge in [-0.1, -0.05) is 0 Å². The molecule has 0 saturated heterocycles. The molecular weight excluding hydrogens is 194 g/mol. The number of ketones is 1. The van der Waals surface area contributed by atoms with E-state index in [2.05, 4.69) is 14.9 Å². The van der Waals surface area contributed by atoms with Gasteiger partial charge in [0.05, 0.1) is 6.20 Å².